The second kappa shape index (κ2) is 9.78. The molecule has 6 nitrogen and oxygen atoms in total. The number of hydrogen-bond donors (Lipinski definition) is 0. The normalized spacial score (nSPS) is 10.9. The highest BCUT2D eigenvalue weighted by Crippen LogP contribution is 2.24. The fourth-order valence-corrected chi connectivity index (χ4v) is 3.12. The van der Waals surface area contributed by atoms with E-state index >= 15 is 0 Å². The highest BCUT2D eigenvalue weighted by Gasteiger charge is 2.11. The summed E-state index contributed by atoms with van der Waals surface area (Å²) < 4.78 is 18.3. The highest BCUT2D eigenvalue weighted by molar-refractivity contribution is 6.07. The minimum Gasteiger partial charge on any atom is -0.497 e. The maximum absolute atomic E-state index is 12.5. The number of ether oxygens (including phenoxy) is 3. The quantitative estimate of drug-likeness (QED) is 0.381. The number of aryl methyl sites for hydroxylation is 1. The van der Waals surface area contributed by atoms with Crippen molar-refractivity contribution in [3.05, 3.63) is 77.1 Å². The third-order valence-corrected chi connectivity index (χ3v) is 4.85. The lowest BCUT2D eigenvalue weighted by atomic mass is 10.1. The number of aromatic nitrogens is 2. The first-order valence-corrected chi connectivity index (χ1v) is 9.74. The Morgan fingerprint density at radius 2 is 1.80 bits per heavy atom. The van der Waals surface area contributed by atoms with E-state index in [4.69, 9.17) is 14.2 Å². The van der Waals surface area contributed by atoms with E-state index in [0.29, 0.717) is 12.2 Å². The van der Waals surface area contributed by atoms with Crippen LogP contribution in [0.3, 0.4) is 0 Å². The zero-order chi connectivity index (χ0) is 21.5. The maximum Gasteiger partial charge on any atom is 0.189 e. The third kappa shape index (κ3) is 4.89. The highest BCUT2D eigenvalue weighted by atomic mass is 16.5. The molecule has 0 aliphatic rings. The minimum atomic E-state index is -0.0703. The van der Waals surface area contributed by atoms with Crippen LogP contribution in [0.15, 0.2) is 54.7 Å². The molecule has 0 N–H and O–H groups in total. The summed E-state index contributed by atoms with van der Waals surface area (Å²) in [5.74, 6) is 2.17. The molecule has 2 aromatic carbocycles. The van der Waals surface area contributed by atoms with Gasteiger partial charge in [-0.15, -0.1) is 0 Å². The van der Waals surface area contributed by atoms with Crippen molar-refractivity contribution >= 4 is 11.9 Å². The van der Waals surface area contributed by atoms with Gasteiger partial charge >= 0.3 is 0 Å². The lowest BCUT2D eigenvalue weighted by molar-refractivity contribution is 0.104. The maximum atomic E-state index is 12.5. The molecule has 0 atom stereocenters. The zero-order valence-electron chi connectivity index (χ0n) is 17.7. The largest absolute Gasteiger partial charge is 0.497 e. The second-order valence-corrected chi connectivity index (χ2v) is 6.69. The number of hydrogen-bond acceptors (Lipinski definition) is 5. The van der Waals surface area contributed by atoms with Crippen LogP contribution in [0.2, 0.25) is 0 Å². The van der Waals surface area contributed by atoms with Crippen LogP contribution in [0.5, 0.6) is 17.2 Å². The summed E-state index contributed by atoms with van der Waals surface area (Å²) >= 11 is 0. The first kappa shape index (κ1) is 21.2. The number of carbonyl (C=O) groups is 1. The Labute approximate surface area is 176 Å². The number of carbonyl (C=O) groups excluding carboxylic acids is 1. The van der Waals surface area contributed by atoms with E-state index in [1.807, 2.05) is 61.0 Å². The predicted molar refractivity (Wildman–Crippen MR) is 116 cm³/mol. The summed E-state index contributed by atoms with van der Waals surface area (Å²) in [5.41, 5.74) is 3.26. The van der Waals surface area contributed by atoms with E-state index in [2.05, 4.69) is 5.10 Å². The van der Waals surface area contributed by atoms with Crippen molar-refractivity contribution in [1.29, 1.82) is 0 Å². The molecule has 0 bridgehead atoms. The zero-order valence-corrected chi connectivity index (χ0v) is 17.7. The molecule has 6 heteroatoms. The molecule has 0 radical (unpaired) electrons. The Morgan fingerprint density at radius 3 is 2.43 bits per heavy atom. The Bertz CT molecular complexity index is 1040. The smallest absolute Gasteiger partial charge is 0.189 e. The van der Waals surface area contributed by atoms with Gasteiger partial charge in [-0.2, -0.15) is 5.10 Å². The van der Waals surface area contributed by atoms with Gasteiger partial charge in [0.15, 0.2) is 5.78 Å². The van der Waals surface area contributed by atoms with Crippen LogP contribution >= 0.6 is 0 Å². The monoisotopic (exact) mass is 406 g/mol. The van der Waals surface area contributed by atoms with Gasteiger partial charge in [-0.1, -0.05) is 12.1 Å². The van der Waals surface area contributed by atoms with E-state index in [0.717, 1.165) is 40.6 Å². The van der Waals surface area contributed by atoms with Crippen molar-refractivity contribution < 1.29 is 19.0 Å². The number of rotatable bonds is 9. The van der Waals surface area contributed by atoms with Crippen LogP contribution in [0.25, 0.3) is 6.08 Å². The van der Waals surface area contributed by atoms with E-state index in [-0.39, 0.29) is 5.78 Å². The minimum absolute atomic E-state index is 0.0703. The number of ketones is 1. The fourth-order valence-electron chi connectivity index (χ4n) is 3.12. The molecule has 1 heterocycles. The average Bonchev–Trinajstić information content (AvgIpc) is 3.16. The van der Waals surface area contributed by atoms with Gasteiger partial charge in [0.25, 0.3) is 0 Å². The first-order valence-electron chi connectivity index (χ1n) is 9.74. The van der Waals surface area contributed by atoms with Gasteiger partial charge in [-0.3, -0.25) is 9.48 Å². The van der Waals surface area contributed by atoms with Gasteiger partial charge in [0.1, 0.15) is 23.9 Å². The molecule has 1 aromatic heterocycles. The predicted octanol–water partition coefficient (Wildman–Crippen LogP) is 4.70. The van der Waals surface area contributed by atoms with Crippen molar-refractivity contribution in [3.63, 3.8) is 0 Å². The number of nitrogens with zero attached hydrogens (tertiary/aromatic N) is 2. The molecular weight excluding hydrogens is 380 g/mol. The molecule has 0 saturated carbocycles. The SMILES string of the molecule is CCn1ncc(C(=O)/C=C/c2ccc(OC)c(COc3ccc(OC)cc3)c2)c1C. The summed E-state index contributed by atoms with van der Waals surface area (Å²) in [6, 6.07) is 13.1. The summed E-state index contributed by atoms with van der Waals surface area (Å²) in [7, 11) is 3.25. The summed E-state index contributed by atoms with van der Waals surface area (Å²) in [5, 5.41) is 4.23. The van der Waals surface area contributed by atoms with Crippen LogP contribution in [-0.2, 0) is 13.2 Å². The Morgan fingerprint density at radius 1 is 1.07 bits per heavy atom. The number of allylic oxidation sites excluding steroid dienone is 1. The van der Waals surface area contributed by atoms with Crippen molar-refractivity contribution in [2.45, 2.75) is 27.0 Å². The molecule has 0 saturated heterocycles. The molecule has 0 amide bonds. The molecule has 156 valence electrons. The van der Waals surface area contributed by atoms with E-state index < -0.39 is 0 Å². The van der Waals surface area contributed by atoms with Crippen LogP contribution in [0.1, 0.15) is 34.1 Å². The summed E-state index contributed by atoms with van der Waals surface area (Å²) in [6.45, 7) is 4.98. The topological polar surface area (TPSA) is 62.6 Å². The Hall–Kier alpha value is -3.54. The molecular formula is C24H26N2O4. The van der Waals surface area contributed by atoms with Crippen LogP contribution in [0, 0.1) is 6.92 Å². The molecule has 30 heavy (non-hydrogen) atoms. The third-order valence-electron chi connectivity index (χ3n) is 4.85. The van der Waals surface area contributed by atoms with Crippen molar-refractivity contribution in [3.8, 4) is 17.2 Å². The van der Waals surface area contributed by atoms with Crippen molar-refractivity contribution in [1.82, 2.24) is 9.78 Å². The Balaban J connectivity index is 1.73. The summed E-state index contributed by atoms with van der Waals surface area (Å²) in [4.78, 5) is 12.5. The number of benzene rings is 2. The standard InChI is InChI=1S/C24H26N2O4/c1-5-26-17(2)22(15-25-26)23(27)12-6-18-7-13-24(29-4)19(14-18)16-30-21-10-8-20(28-3)9-11-21/h6-15H,5,16H2,1-4H3/b12-6+. The van der Waals surface area contributed by atoms with Crippen LogP contribution in [-0.4, -0.2) is 29.8 Å². The van der Waals surface area contributed by atoms with Gasteiger partial charge in [0.2, 0.25) is 0 Å². The van der Waals surface area contributed by atoms with Gasteiger partial charge in [0.05, 0.1) is 26.0 Å². The lowest BCUT2D eigenvalue weighted by Crippen LogP contribution is -2.02. The lowest BCUT2D eigenvalue weighted by Gasteiger charge is -2.11. The van der Waals surface area contributed by atoms with Gasteiger partial charge in [-0.25, -0.2) is 0 Å². The van der Waals surface area contributed by atoms with Crippen molar-refractivity contribution in [2.24, 2.45) is 0 Å². The first-order chi connectivity index (χ1) is 14.5. The van der Waals surface area contributed by atoms with Crippen LogP contribution < -0.4 is 14.2 Å². The van der Waals surface area contributed by atoms with E-state index in [1.165, 1.54) is 0 Å². The van der Waals surface area contributed by atoms with Gasteiger partial charge in [0, 0.05) is 17.8 Å². The van der Waals surface area contributed by atoms with Gasteiger partial charge in [-0.05, 0) is 61.9 Å². The van der Waals surface area contributed by atoms with Crippen molar-refractivity contribution in [2.75, 3.05) is 14.2 Å². The molecule has 0 unspecified atom stereocenters. The van der Waals surface area contributed by atoms with Crippen LogP contribution in [0.4, 0.5) is 0 Å². The molecule has 3 aromatic rings. The number of methoxy groups -OCH3 is 2. The summed E-state index contributed by atoms with van der Waals surface area (Å²) in [6.07, 6.45) is 4.98. The van der Waals surface area contributed by atoms with Gasteiger partial charge < -0.3 is 14.2 Å². The molecule has 0 aliphatic heterocycles. The fraction of sp³-hybridized carbons (Fsp3) is 0.250. The molecule has 3 rings (SSSR count). The average molecular weight is 406 g/mol. The molecule has 0 fully saturated rings. The molecule has 0 spiro atoms. The van der Waals surface area contributed by atoms with E-state index in [1.54, 1.807) is 32.6 Å². The molecule has 0 aliphatic carbocycles. The second-order valence-electron chi connectivity index (χ2n) is 6.69. The Kier molecular flexibility index (Phi) is 6.91. The van der Waals surface area contributed by atoms with E-state index in [9.17, 15) is 4.79 Å².